The summed E-state index contributed by atoms with van der Waals surface area (Å²) in [6.07, 6.45) is 1.11. The summed E-state index contributed by atoms with van der Waals surface area (Å²) in [7, 11) is 0. The van der Waals surface area contributed by atoms with Crippen molar-refractivity contribution in [3.05, 3.63) is 29.3 Å². The lowest BCUT2D eigenvalue weighted by atomic mass is 9.90. The van der Waals surface area contributed by atoms with Crippen molar-refractivity contribution < 1.29 is 0 Å². The van der Waals surface area contributed by atoms with Crippen LogP contribution in [0.1, 0.15) is 57.1 Å². The summed E-state index contributed by atoms with van der Waals surface area (Å²) in [5.74, 6) is 1.18. The number of benzene rings is 1. The largest absolute Gasteiger partial charge is 0.370 e. The van der Waals surface area contributed by atoms with Gasteiger partial charge in [0.05, 0.1) is 0 Å². The maximum Gasteiger partial charge on any atom is 0.0369 e. The van der Waals surface area contributed by atoms with Crippen molar-refractivity contribution in [1.82, 2.24) is 0 Å². The molecule has 1 unspecified atom stereocenters. The van der Waals surface area contributed by atoms with E-state index in [1.54, 1.807) is 0 Å². The second kappa shape index (κ2) is 5.31. The predicted octanol–water partition coefficient (Wildman–Crippen LogP) is 3.47. The minimum Gasteiger partial charge on any atom is -0.370 e. The van der Waals surface area contributed by atoms with Gasteiger partial charge in [0.1, 0.15) is 0 Å². The van der Waals surface area contributed by atoms with Crippen LogP contribution in [0.3, 0.4) is 0 Å². The second-order valence-corrected chi connectivity index (χ2v) is 6.12. The molecule has 0 amide bonds. The molecular formula is C16H26N2. The molecule has 0 aliphatic carbocycles. The summed E-state index contributed by atoms with van der Waals surface area (Å²) >= 11 is 0. The van der Waals surface area contributed by atoms with Gasteiger partial charge in [-0.2, -0.15) is 0 Å². The summed E-state index contributed by atoms with van der Waals surface area (Å²) in [5, 5.41) is 0. The number of nitrogens with zero attached hydrogens (tertiary/aromatic N) is 1. The monoisotopic (exact) mass is 246 g/mol. The van der Waals surface area contributed by atoms with E-state index in [-0.39, 0.29) is 0 Å². The Morgan fingerprint density at radius 2 is 1.78 bits per heavy atom. The Kier molecular flexibility index (Phi) is 3.96. The Balaban J connectivity index is 2.31. The van der Waals surface area contributed by atoms with Gasteiger partial charge >= 0.3 is 0 Å². The van der Waals surface area contributed by atoms with Crippen LogP contribution in [0.4, 0.5) is 5.69 Å². The van der Waals surface area contributed by atoms with E-state index in [2.05, 4.69) is 50.8 Å². The molecule has 1 aromatic carbocycles. The molecule has 2 heteroatoms. The highest BCUT2D eigenvalue weighted by molar-refractivity contribution is 5.53. The number of hydrogen-bond acceptors (Lipinski definition) is 2. The Morgan fingerprint density at radius 1 is 1.11 bits per heavy atom. The molecule has 0 aromatic heterocycles. The third kappa shape index (κ3) is 2.69. The molecule has 0 spiro atoms. The van der Waals surface area contributed by atoms with Gasteiger partial charge in [-0.25, -0.2) is 0 Å². The number of hydrogen-bond donors (Lipinski definition) is 1. The third-order valence-corrected chi connectivity index (χ3v) is 3.90. The highest BCUT2D eigenvalue weighted by Gasteiger charge is 2.20. The van der Waals surface area contributed by atoms with Gasteiger partial charge < -0.3 is 10.6 Å². The van der Waals surface area contributed by atoms with Crippen molar-refractivity contribution in [2.75, 3.05) is 18.0 Å². The van der Waals surface area contributed by atoms with Gasteiger partial charge in [-0.1, -0.05) is 33.8 Å². The number of anilines is 1. The zero-order valence-corrected chi connectivity index (χ0v) is 12.1. The van der Waals surface area contributed by atoms with Gasteiger partial charge in [0.25, 0.3) is 0 Å². The molecule has 1 aromatic rings. The molecular weight excluding hydrogens is 220 g/mol. The Bertz CT molecular complexity index is 410. The molecule has 2 N–H and O–H groups in total. The molecule has 0 saturated carbocycles. The molecule has 18 heavy (non-hydrogen) atoms. The summed E-state index contributed by atoms with van der Waals surface area (Å²) in [6, 6.07) is 7.29. The zero-order chi connectivity index (χ0) is 13.3. The van der Waals surface area contributed by atoms with Gasteiger partial charge in [0, 0.05) is 24.8 Å². The van der Waals surface area contributed by atoms with E-state index >= 15 is 0 Å². The fourth-order valence-corrected chi connectivity index (χ4v) is 2.81. The molecule has 1 fully saturated rings. The quantitative estimate of drug-likeness (QED) is 0.885. The van der Waals surface area contributed by atoms with Crippen molar-refractivity contribution in [1.29, 1.82) is 0 Å². The lowest BCUT2D eigenvalue weighted by Crippen LogP contribution is -2.26. The zero-order valence-electron chi connectivity index (χ0n) is 12.1. The van der Waals surface area contributed by atoms with Crippen LogP contribution in [0.5, 0.6) is 0 Å². The number of rotatable bonds is 3. The summed E-state index contributed by atoms with van der Waals surface area (Å²) in [4.78, 5) is 2.42. The first-order chi connectivity index (χ1) is 8.49. The minimum atomic E-state index is 0.345. The smallest absolute Gasteiger partial charge is 0.0369 e. The Labute approximate surface area is 111 Å². The van der Waals surface area contributed by atoms with E-state index in [1.165, 1.54) is 16.8 Å². The fourth-order valence-electron chi connectivity index (χ4n) is 2.81. The van der Waals surface area contributed by atoms with E-state index in [1.807, 2.05) is 0 Å². The normalized spacial score (nSPS) is 20.2. The molecule has 100 valence electrons. The molecule has 1 saturated heterocycles. The van der Waals surface area contributed by atoms with E-state index < -0.39 is 0 Å². The average molecular weight is 246 g/mol. The molecule has 0 radical (unpaired) electrons. The molecule has 2 nitrogen and oxygen atoms in total. The molecule has 2 rings (SSSR count). The van der Waals surface area contributed by atoms with Gasteiger partial charge in [-0.15, -0.1) is 0 Å². The van der Waals surface area contributed by atoms with Gasteiger partial charge in [-0.3, -0.25) is 0 Å². The van der Waals surface area contributed by atoms with Crippen LogP contribution in [0.15, 0.2) is 18.2 Å². The van der Waals surface area contributed by atoms with Crippen LogP contribution in [-0.2, 0) is 0 Å². The van der Waals surface area contributed by atoms with Crippen molar-refractivity contribution >= 4 is 5.69 Å². The van der Waals surface area contributed by atoms with Crippen molar-refractivity contribution in [2.45, 2.75) is 52.0 Å². The molecule has 1 aliphatic heterocycles. The van der Waals surface area contributed by atoms with Gasteiger partial charge in [0.15, 0.2) is 0 Å². The van der Waals surface area contributed by atoms with Crippen molar-refractivity contribution in [3.63, 3.8) is 0 Å². The Hall–Kier alpha value is -1.02. The third-order valence-electron chi connectivity index (χ3n) is 3.90. The van der Waals surface area contributed by atoms with Crippen molar-refractivity contribution in [3.8, 4) is 0 Å². The standard InChI is InChI=1S/C16H26N2/c1-11(2)15-6-5-14(9-16(15)12(3)4)18-8-7-13(17)10-18/h5-6,9,11-13H,7-8,10,17H2,1-4H3. The first kappa shape index (κ1) is 13.4. The van der Waals surface area contributed by atoms with Crippen LogP contribution >= 0.6 is 0 Å². The summed E-state index contributed by atoms with van der Waals surface area (Å²) in [6.45, 7) is 11.2. The Morgan fingerprint density at radius 3 is 2.28 bits per heavy atom. The van der Waals surface area contributed by atoms with Gasteiger partial charge in [-0.05, 0) is 41.5 Å². The molecule has 0 bridgehead atoms. The van der Waals surface area contributed by atoms with Gasteiger partial charge in [0.2, 0.25) is 0 Å². The van der Waals surface area contributed by atoms with Crippen LogP contribution < -0.4 is 10.6 Å². The topological polar surface area (TPSA) is 29.3 Å². The fraction of sp³-hybridized carbons (Fsp3) is 0.625. The highest BCUT2D eigenvalue weighted by atomic mass is 15.2. The summed E-state index contributed by atoms with van der Waals surface area (Å²) in [5.41, 5.74) is 10.3. The van der Waals surface area contributed by atoms with Crippen LogP contribution in [0.2, 0.25) is 0 Å². The van der Waals surface area contributed by atoms with E-state index in [0.29, 0.717) is 17.9 Å². The van der Waals surface area contributed by atoms with Crippen LogP contribution in [0.25, 0.3) is 0 Å². The predicted molar refractivity (Wildman–Crippen MR) is 79.4 cm³/mol. The lowest BCUT2D eigenvalue weighted by Gasteiger charge is -2.23. The van der Waals surface area contributed by atoms with Crippen molar-refractivity contribution in [2.24, 2.45) is 5.73 Å². The first-order valence-corrected chi connectivity index (χ1v) is 7.13. The van der Waals surface area contributed by atoms with E-state index in [0.717, 1.165) is 19.5 Å². The first-order valence-electron chi connectivity index (χ1n) is 7.13. The highest BCUT2D eigenvalue weighted by Crippen LogP contribution is 2.31. The number of nitrogens with two attached hydrogens (primary N) is 1. The minimum absolute atomic E-state index is 0.345. The van der Waals surface area contributed by atoms with E-state index in [9.17, 15) is 0 Å². The van der Waals surface area contributed by atoms with Crippen LogP contribution in [-0.4, -0.2) is 19.1 Å². The molecule has 1 atom stereocenters. The average Bonchev–Trinajstić information content (AvgIpc) is 2.75. The SMILES string of the molecule is CC(C)c1ccc(N2CCC(N)C2)cc1C(C)C. The molecule has 1 aliphatic rings. The maximum absolute atomic E-state index is 6.00. The van der Waals surface area contributed by atoms with E-state index in [4.69, 9.17) is 5.73 Å². The second-order valence-electron chi connectivity index (χ2n) is 6.12. The molecule has 1 heterocycles. The lowest BCUT2D eigenvalue weighted by molar-refractivity contribution is 0.751. The maximum atomic E-state index is 6.00. The van der Waals surface area contributed by atoms with Crippen LogP contribution in [0, 0.1) is 0 Å². The summed E-state index contributed by atoms with van der Waals surface area (Å²) < 4.78 is 0.